The van der Waals surface area contributed by atoms with Crippen LogP contribution in [0.3, 0.4) is 0 Å². The molecular weight excluding hydrogens is 306 g/mol. The Morgan fingerprint density at radius 2 is 2.00 bits per heavy atom. The fraction of sp³-hybridized carbons (Fsp3) is 0.632. The molecule has 1 amide bonds. The first-order valence-corrected chi connectivity index (χ1v) is 9.02. The Morgan fingerprint density at radius 1 is 1.21 bits per heavy atom. The van der Waals surface area contributed by atoms with Gasteiger partial charge in [0.05, 0.1) is 18.8 Å². The molecule has 1 atom stereocenters. The summed E-state index contributed by atoms with van der Waals surface area (Å²) in [4.78, 5) is 12.7. The zero-order chi connectivity index (χ0) is 16.5. The minimum Gasteiger partial charge on any atom is -0.493 e. The second-order valence-electron chi connectivity index (χ2n) is 7.22. The molecule has 2 fully saturated rings. The fourth-order valence-corrected chi connectivity index (χ4v) is 4.01. The van der Waals surface area contributed by atoms with Gasteiger partial charge in [-0.1, -0.05) is 6.07 Å². The molecule has 3 aliphatic rings. The predicted molar refractivity (Wildman–Crippen MR) is 88.8 cm³/mol. The third kappa shape index (κ3) is 3.15. The van der Waals surface area contributed by atoms with Crippen molar-refractivity contribution in [1.29, 1.82) is 0 Å². The van der Waals surface area contributed by atoms with E-state index in [4.69, 9.17) is 9.47 Å². The summed E-state index contributed by atoms with van der Waals surface area (Å²) < 4.78 is 10.9. The number of hydrogen-bond acceptors (Lipinski definition) is 4. The standard InChI is InChI=1S/C19H25NO4/c21-16-10-15(11-16)18(20-19(22)12-3-6-23-7-4-12)14-1-2-17-13(9-14)5-8-24-17/h1-2,9,12,15-16,18,21H,3-8,10-11H2,(H,20,22)/t15?,16?,18-/m1/s1. The van der Waals surface area contributed by atoms with E-state index in [0.717, 1.165) is 50.0 Å². The Morgan fingerprint density at radius 3 is 2.75 bits per heavy atom. The van der Waals surface area contributed by atoms with Crippen LogP contribution in [0.25, 0.3) is 0 Å². The van der Waals surface area contributed by atoms with Crippen LogP contribution in [0.5, 0.6) is 5.75 Å². The average Bonchev–Trinajstić information content (AvgIpc) is 3.05. The van der Waals surface area contributed by atoms with Crippen LogP contribution < -0.4 is 10.1 Å². The van der Waals surface area contributed by atoms with Crippen molar-refractivity contribution in [2.75, 3.05) is 19.8 Å². The first-order valence-electron chi connectivity index (χ1n) is 9.02. The van der Waals surface area contributed by atoms with E-state index in [1.165, 1.54) is 5.56 Å². The highest BCUT2D eigenvalue weighted by Gasteiger charge is 2.37. The highest BCUT2D eigenvalue weighted by molar-refractivity contribution is 5.79. The highest BCUT2D eigenvalue weighted by Crippen LogP contribution is 2.40. The van der Waals surface area contributed by atoms with Crippen LogP contribution in [0.15, 0.2) is 18.2 Å². The summed E-state index contributed by atoms with van der Waals surface area (Å²) in [5.74, 6) is 1.44. The molecule has 2 heterocycles. The second-order valence-corrected chi connectivity index (χ2v) is 7.22. The molecule has 0 unspecified atom stereocenters. The van der Waals surface area contributed by atoms with Crippen molar-refractivity contribution in [2.45, 2.75) is 44.2 Å². The lowest BCUT2D eigenvalue weighted by Gasteiger charge is -2.39. The van der Waals surface area contributed by atoms with Crippen molar-refractivity contribution in [3.63, 3.8) is 0 Å². The summed E-state index contributed by atoms with van der Waals surface area (Å²) in [6.45, 7) is 2.07. The van der Waals surface area contributed by atoms with Gasteiger partial charge in [-0.3, -0.25) is 4.79 Å². The van der Waals surface area contributed by atoms with E-state index in [-0.39, 0.29) is 24.0 Å². The van der Waals surface area contributed by atoms with Gasteiger partial charge in [-0.05, 0) is 54.9 Å². The molecule has 1 saturated heterocycles. The van der Waals surface area contributed by atoms with Gasteiger partial charge < -0.3 is 19.9 Å². The Hall–Kier alpha value is -1.59. The van der Waals surface area contributed by atoms with Crippen molar-refractivity contribution in [3.8, 4) is 5.75 Å². The lowest BCUT2D eigenvalue weighted by Crippen LogP contribution is -2.44. The maximum atomic E-state index is 12.7. The van der Waals surface area contributed by atoms with Crippen molar-refractivity contribution in [3.05, 3.63) is 29.3 Å². The van der Waals surface area contributed by atoms with Gasteiger partial charge in [-0.15, -0.1) is 0 Å². The molecule has 2 N–H and O–H groups in total. The SMILES string of the molecule is O=C(N[C@H](c1ccc2c(c1)CCO2)C1CC(O)C1)C1CCOCC1. The van der Waals surface area contributed by atoms with E-state index in [9.17, 15) is 9.90 Å². The number of carbonyl (C=O) groups is 1. The first kappa shape index (κ1) is 15.9. The molecule has 24 heavy (non-hydrogen) atoms. The van der Waals surface area contributed by atoms with Crippen molar-refractivity contribution in [2.24, 2.45) is 11.8 Å². The summed E-state index contributed by atoms with van der Waals surface area (Å²) in [6.07, 6.45) is 3.80. The van der Waals surface area contributed by atoms with E-state index in [2.05, 4.69) is 17.4 Å². The number of hydrogen-bond donors (Lipinski definition) is 2. The molecule has 1 saturated carbocycles. The normalized spacial score (nSPS) is 27.7. The Balaban J connectivity index is 1.52. The van der Waals surface area contributed by atoms with Gasteiger partial charge >= 0.3 is 0 Å². The lowest BCUT2D eigenvalue weighted by atomic mass is 9.74. The Kier molecular flexibility index (Phi) is 4.46. The average molecular weight is 331 g/mol. The molecule has 5 nitrogen and oxygen atoms in total. The fourth-order valence-electron chi connectivity index (χ4n) is 4.01. The molecule has 1 aromatic rings. The molecule has 0 bridgehead atoms. The Labute approximate surface area is 142 Å². The number of amides is 1. The quantitative estimate of drug-likeness (QED) is 0.885. The number of benzene rings is 1. The van der Waals surface area contributed by atoms with E-state index in [0.29, 0.717) is 19.1 Å². The summed E-state index contributed by atoms with van der Waals surface area (Å²) in [6, 6.07) is 6.22. The predicted octanol–water partition coefficient (Wildman–Crippen LogP) is 1.98. The van der Waals surface area contributed by atoms with Crippen LogP contribution >= 0.6 is 0 Å². The highest BCUT2D eigenvalue weighted by atomic mass is 16.5. The summed E-state index contributed by atoms with van der Waals surface area (Å²) in [7, 11) is 0. The largest absolute Gasteiger partial charge is 0.493 e. The Bertz CT molecular complexity index is 605. The maximum Gasteiger partial charge on any atom is 0.223 e. The summed E-state index contributed by atoms with van der Waals surface area (Å²) >= 11 is 0. The van der Waals surface area contributed by atoms with Crippen LogP contribution in [-0.4, -0.2) is 36.9 Å². The zero-order valence-corrected chi connectivity index (χ0v) is 13.9. The molecular formula is C19H25NO4. The van der Waals surface area contributed by atoms with E-state index >= 15 is 0 Å². The molecule has 5 heteroatoms. The van der Waals surface area contributed by atoms with Gasteiger partial charge in [0, 0.05) is 25.6 Å². The van der Waals surface area contributed by atoms with Gasteiger partial charge in [0.2, 0.25) is 5.91 Å². The number of fused-ring (bicyclic) bond motifs is 1. The van der Waals surface area contributed by atoms with Crippen molar-refractivity contribution < 1.29 is 19.4 Å². The van der Waals surface area contributed by atoms with Gasteiger partial charge in [-0.2, -0.15) is 0 Å². The van der Waals surface area contributed by atoms with Crippen molar-refractivity contribution in [1.82, 2.24) is 5.32 Å². The smallest absolute Gasteiger partial charge is 0.223 e. The monoisotopic (exact) mass is 331 g/mol. The van der Waals surface area contributed by atoms with Gasteiger partial charge in [0.25, 0.3) is 0 Å². The topological polar surface area (TPSA) is 67.8 Å². The zero-order valence-electron chi connectivity index (χ0n) is 13.9. The molecule has 1 aliphatic carbocycles. The third-order valence-electron chi connectivity index (χ3n) is 5.58. The van der Waals surface area contributed by atoms with Crippen LogP contribution in [0.2, 0.25) is 0 Å². The number of rotatable bonds is 4. The first-order chi connectivity index (χ1) is 11.7. The minimum atomic E-state index is -0.227. The van der Waals surface area contributed by atoms with Gasteiger partial charge in [-0.25, -0.2) is 0 Å². The van der Waals surface area contributed by atoms with Crippen LogP contribution in [0.4, 0.5) is 0 Å². The van der Waals surface area contributed by atoms with E-state index < -0.39 is 0 Å². The number of ether oxygens (including phenoxy) is 2. The lowest BCUT2D eigenvalue weighted by molar-refractivity contribution is -0.129. The third-order valence-corrected chi connectivity index (χ3v) is 5.58. The molecule has 0 spiro atoms. The number of carbonyl (C=O) groups excluding carboxylic acids is 1. The maximum absolute atomic E-state index is 12.7. The number of aliphatic hydroxyl groups excluding tert-OH is 1. The number of nitrogens with one attached hydrogen (secondary N) is 1. The molecule has 4 rings (SSSR count). The van der Waals surface area contributed by atoms with E-state index in [1.807, 2.05) is 6.07 Å². The van der Waals surface area contributed by atoms with Crippen LogP contribution in [0.1, 0.15) is 42.9 Å². The van der Waals surface area contributed by atoms with E-state index in [1.54, 1.807) is 0 Å². The minimum absolute atomic E-state index is 0.0188. The van der Waals surface area contributed by atoms with Crippen LogP contribution in [-0.2, 0) is 16.0 Å². The molecule has 1 aromatic carbocycles. The molecule has 0 radical (unpaired) electrons. The summed E-state index contributed by atoms with van der Waals surface area (Å²) in [5, 5.41) is 13.0. The van der Waals surface area contributed by atoms with Crippen LogP contribution in [0, 0.1) is 11.8 Å². The molecule has 2 aliphatic heterocycles. The number of aliphatic hydroxyl groups is 1. The van der Waals surface area contributed by atoms with Gasteiger partial charge in [0.1, 0.15) is 5.75 Å². The summed E-state index contributed by atoms with van der Waals surface area (Å²) in [5.41, 5.74) is 2.36. The second kappa shape index (κ2) is 6.73. The molecule has 0 aromatic heterocycles. The van der Waals surface area contributed by atoms with Gasteiger partial charge in [0.15, 0.2) is 0 Å². The molecule has 130 valence electrons. The van der Waals surface area contributed by atoms with Crippen molar-refractivity contribution >= 4 is 5.91 Å².